The monoisotopic (exact) mass is 273 g/mol. The molecule has 0 atom stereocenters. The number of carboxylic acids is 1. The zero-order chi connectivity index (χ0) is 10.3. The lowest BCUT2D eigenvalue weighted by molar-refractivity contribution is 0.0697. The van der Waals surface area contributed by atoms with Gasteiger partial charge in [-0.1, -0.05) is 11.6 Å². The van der Waals surface area contributed by atoms with E-state index in [0.717, 1.165) is 4.47 Å². The first-order valence-corrected chi connectivity index (χ1v) is 4.95. The molecule has 14 heavy (non-hydrogen) atoms. The van der Waals surface area contributed by atoms with Gasteiger partial charge in [0.1, 0.15) is 0 Å². The Morgan fingerprint density at radius 1 is 1.43 bits per heavy atom. The predicted octanol–water partition coefficient (Wildman–Crippen LogP) is 3.05. The van der Waals surface area contributed by atoms with Crippen LogP contribution in [0.3, 0.4) is 0 Å². The van der Waals surface area contributed by atoms with Gasteiger partial charge in [-0.15, -0.1) is 0 Å². The van der Waals surface area contributed by atoms with Crippen LogP contribution in [0, 0.1) is 0 Å². The van der Waals surface area contributed by atoms with Crippen molar-refractivity contribution in [3.8, 4) is 0 Å². The Bertz CT molecular complexity index is 521. The van der Waals surface area contributed by atoms with Gasteiger partial charge in [0.2, 0.25) is 0 Å². The molecule has 0 bridgehead atoms. The van der Waals surface area contributed by atoms with Crippen molar-refractivity contribution >= 4 is 39.0 Å². The van der Waals surface area contributed by atoms with E-state index in [1.807, 2.05) is 0 Å². The number of aromatic carboxylic acids is 1. The van der Waals surface area contributed by atoms with Crippen LogP contribution in [-0.2, 0) is 0 Å². The molecule has 0 saturated carbocycles. The summed E-state index contributed by atoms with van der Waals surface area (Å²) >= 11 is 9.21. The van der Waals surface area contributed by atoms with Crippen LogP contribution in [0.15, 0.2) is 29.0 Å². The number of aromatic nitrogens is 1. The molecule has 2 rings (SSSR count). The number of rotatable bonds is 1. The summed E-state index contributed by atoms with van der Waals surface area (Å²) in [5, 5.41) is 9.30. The Hall–Kier alpha value is -1.00. The SMILES string of the molecule is O=C(O)c1cc2c(Cl)cc(Br)cn2c1. The summed E-state index contributed by atoms with van der Waals surface area (Å²) in [4.78, 5) is 10.7. The minimum Gasteiger partial charge on any atom is -0.478 e. The summed E-state index contributed by atoms with van der Waals surface area (Å²) in [6.45, 7) is 0. The Kier molecular flexibility index (Phi) is 2.25. The number of carboxylic acid groups (broad SMARTS) is 1. The molecule has 0 spiro atoms. The fourth-order valence-electron chi connectivity index (χ4n) is 1.26. The van der Waals surface area contributed by atoms with E-state index in [4.69, 9.17) is 16.7 Å². The van der Waals surface area contributed by atoms with E-state index in [1.165, 1.54) is 12.3 Å². The second-order valence-corrected chi connectivity index (χ2v) is 4.16. The molecule has 0 saturated heterocycles. The molecule has 0 aromatic carbocycles. The van der Waals surface area contributed by atoms with Gasteiger partial charge in [0.15, 0.2) is 0 Å². The summed E-state index contributed by atoms with van der Waals surface area (Å²) in [6.07, 6.45) is 3.28. The first-order chi connectivity index (χ1) is 6.58. The lowest BCUT2D eigenvalue weighted by Gasteiger charge is -1.97. The van der Waals surface area contributed by atoms with Gasteiger partial charge in [-0.25, -0.2) is 4.79 Å². The molecule has 3 nitrogen and oxygen atoms in total. The van der Waals surface area contributed by atoms with Gasteiger partial charge in [0, 0.05) is 16.9 Å². The van der Waals surface area contributed by atoms with Crippen molar-refractivity contribution in [2.75, 3.05) is 0 Å². The topological polar surface area (TPSA) is 41.7 Å². The minimum atomic E-state index is -0.958. The summed E-state index contributed by atoms with van der Waals surface area (Å²) < 4.78 is 2.48. The van der Waals surface area contributed by atoms with Gasteiger partial charge < -0.3 is 9.51 Å². The molecule has 2 aromatic rings. The van der Waals surface area contributed by atoms with Crippen molar-refractivity contribution in [2.45, 2.75) is 0 Å². The molecule has 0 aliphatic heterocycles. The van der Waals surface area contributed by atoms with Crippen LogP contribution in [0.2, 0.25) is 5.02 Å². The Morgan fingerprint density at radius 3 is 2.79 bits per heavy atom. The van der Waals surface area contributed by atoms with E-state index < -0.39 is 5.97 Å². The maximum absolute atomic E-state index is 10.7. The first-order valence-electron chi connectivity index (χ1n) is 3.78. The van der Waals surface area contributed by atoms with E-state index in [9.17, 15) is 4.79 Å². The molecule has 0 radical (unpaired) electrons. The highest BCUT2D eigenvalue weighted by molar-refractivity contribution is 9.10. The standard InChI is InChI=1S/C9H5BrClNO2/c10-6-2-7(11)8-1-5(9(13)14)3-12(8)4-6/h1-4H,(H,13,14). The van der Waals surface area contributed by atoms with E-state index in [0.29, 0.717) is 10.5 Å². The largest absolute Gasteiger partial charge is 0.478 e. The van der Waals surface area contributed by atoms with Gasteiger partial charge in [0.25, 0.3) is 0 Å². The number of nitrogens with zero attached hydrogens (tertiary/aromatic N) is 1. The molecule has 72 valence electrons. The highest BCUT2D eigenvalue weighted by Gasteiger charge is 2.09. The molecule has 0 aliphatic carbocycles. The van der Waals surface area contributed by atoms with Crippen LogP contribution in [0.25, 0.3) is 5.52 Å². The maximum atomic E-state index is 10.7. The molecule has 0 fully saturated rings. The van der Waals surface area contributed by atoms with Crippen molar-refractivity contribution < 1.29 is 9.90 Å². The Morgan fingerprint density at radius 2 is 2.14 bits per heavy atom. The van der Waals surface area contributed by atoms with Gasteiger partial charge >= 0.3 is 5.97 Å². The molecular formula is C9H5BrClNO2. The molecule has 0 aliphatic rings. The second kappa shape index (κ2) is 3.29. The molecule has 2 aromatic heterocycles. The summed E-state index contributed by atoms with van der Waals surface area (Å²) in [5.41, 5.74) is 0.914. The summed E-state index contributed by atoms with van der Waals surface area (Å²) in [7, 11) is 0. The van der Waals surface area contributed by atoms with E-state index in [-0.39, 0.29) is 5.56 Å². The lowest BCUT2D eigenvalue weighted by atomic mass is 10.3. The third-order valence-electron chi connectivity index (χ3n) is 1.87. The van der Waals surface area contributed by atoms with Gasteiger partial charge in [0.05, 0.1) is 16.1 Å². The molecule has 0 amide bonds. The first kappa shape index (κ1) is 9.55. The Balaban J connectivity index is 2.76. The molecule has 2 heterocycles. The summed E-state index contributed by atoms with van der Waals surface area (Å²) in [5.74, 6) is -0.958. The van der Waals surface area contributed by atoms with Crippen LogP contribution in [0.5, 0.6) is 0 Å². The minimum absolute atomic E-state index is 0.227. The van der Waals surface area contributed by atoms with E-state index in [1.54, 1.807) is 16.7 Å². The maximum Gasteiger partial charge on any atom is 0.337 e. The van der Waals surface area contributed by atoms with Crippen molar-refractivity contribution in [3.63, 3.8) is 0 Å². The lowest BCUT2D eigenvalue weighted by Crippen LogP contribution is -1.92. The zero-order valence-corrected chi connectivity index (χ0v) is 9.21. The fourth-order valence-corrected chi connectivity index (χ4v) is 2.11. The smallest absolute Gasteiger partial charge is 0.337 e. The van der Waals surface area contributed by atoms with Crippen molar-refractivity contribution in [3.05, 3.63) is 39.6 Å². The van der Waals surface area contributed by atoms with E-state index >= 15 is 0 Å². The number of carbonyl (C=O) groups is 1. The Labute approximate surface area is 93.0 Å². The number of hydrogen-bond acceptors (Lipinski definition) is 1. The van der Waals surface area contributed by atoms with Crippen LogP contribution < -0.4 is 0 Å². The highest BCUT2D eigenvalue weighted by Crippen LogP contribution is 2.24. The molecule has 5 heteroatoms. The van der Waals surface area contributed by atoms with Crippen LogP contribution in [0.4, 0.5) is 0 Å². The summed E-state index contributed by atoms with van der Waals surface area (Å²) in [6, 6.07) is 3.26. The van der Waals surface area contributed by atoms with Crippen LogP contribution in [0.1, 0.15) is 10.4 Å². The van der Waals surface area contributed by atoms with Crippen molar-refractivity contribution in [1.29, 1.82) is 0 Å². The number of halogens is 2. The molecule has 0 unspecified atom stereocenters. The third-order valence-corrected chi connectivity index (χ3v) is 2.60. The van der Waals surface area contributed by atoms with Gasteiger partial charge in [-0.2, -0.15) is 0 Å². The van der Waals surface area contributed by atoms with Crippen molar-refractivity contribution in [2.24, 2.45) is 0 Å². The van der Waals surface area contributed by atoms with Crippen LogP contribution >= 0.6 is 27.5 Å². The normalized spacial score (nSPS) is 10.7. The quantitative estimate of drug-likeness (QED) is 0.868. The molecular weight excluding hydrogens is 269 g/mol. The molecule has 1 N–H and O–H groups in total. The second-order valence-electron chi connectivity index (χ2n) is 2.83. The fraction of sp³-hybridized carbons (Fsp3) is 0. The van der Waals surface area contributed by atoms with Gasteiger partial charge in [-0.3, -0.25) is 0 Å². The predicted molar refractivity (Wildman–Crippen MR) is 57.1 cm³/mol. The zero-order valence-electron chi connectivity index (χ0n) is 6.87. The average molecular weight is 275 g/mol. The van der Waals surface area contributed by atoms with Gasteiger partial charge in [-0.05, 0) is 28.1 Å². The van der Waals surface area contributed by atoms with Crippen LogP contribution in [-0.4, -0.2) is 15.5 Å². The number of pyridine rings is 1. The average Bonchev–Trinajstić information content (AvgIpc) is 2.47. The number of fused-ring (bicyclic) bond motifs is 1. The highest BCUT2D eigenvalue weighted by atomic mass is 79.9. The third kappa shape index (κ3) is 1.51. The van der Waals surface area contributed by atoms with E-state index in [2.05, 4.69) is 15.9 Å². The van der Waals surface area contributed by atoms with Crippen molar-refractivity contribution in [1.82, 2.24) is 4.40 Å². The number of hydrogen-bond donors (Lipinski definition) is 1.